The lowest BCUT2D eigenvalue weighted by molar-refractivity contribution is 0.0169. The molecule has 1 aromatic heterocycles. The Bertz CT molecular complexity index is 1280. The van der Waals surface area contributed by atoms with E-state index in [2.05, 4.69) is 26.1 Å². The number of amides is 1. The second-order valence-corrected chi connectivity index (χ2v) is 8.54. The first kappa shape index (κ1) is 23.5. The summed E-state index contributed by atoms with van der Waals surface area (Å²) in [5.41, 5.74) is 12.5. The average molecular weight is 496 g/mol. The van der Waals surface area contributed by atoms with Crippen LogP contribution in [0, 0.1) is 5.82 Å². The Labute approximate surface area is 206 Å². The van der Waals surface area contributed by atoms with Crippen molar-refractivity contribution in [3.63, 3.8) is 0 Å². The molecule has 3 atom stereocenters. The number of rotatable bonds is 6. The van der Waals surface area contributed by atoms with Crippen LogP contribution in [0.5, 0.6) is 5.88 Å². The van der Waals surface area contributed by atoms with Gasteiger partial charge in [0.1, 0.15) is 18.5 Å². The lowest BCUT2D eigenvalue weighted by Gasteiger charge is -2.33. The van der Waals surface area contributed by atoms with Gasteiger partial charge in [-0.25, -0.2) is 24.6 Å². The Hall–Kier alpha value is -4.19. The number of nitrogens with one attached hydrogen (secondary N) is 3. The van der Waals surface area contributed by atoms with Gasteiger partial charge in [-0.3, -0.25) is 9.83 Å². The minimum absolute atomic E-state index is 0.119. The van der Waals surface area contributed by atoms with Crippen molar-refractivity contribution in [2.45, 2.75) is 31.5 Å². The maximum Gasteiger partial charge on any atom is 0.407 e. The summed E-state index contributed by atoms with van der Waals surface area (Å²) in [6, 6.07) is 9.16. The maximum absolute atomic E-state index is 14.4. The first-order valence-corrected chi connectivity index (χ1v) is 11.4. The first-order valence-electron chi connectivity index (χ1n) is 11.4. The van der Waals surface area contributed by atoms with Crippen molar-refractivity contribution in [3.05, 3.63) is 59.0 Å². The van der Waals surface area contributed by atoms with Crippen LogP contribution in [0.2, 0.25) is 0 Å². The SMILES string of the molecule is COc1cccc(-c2cc(F)ccc2[C@H]2CC3N=C(N)NC(C)=C3C(NOC[C@@H]3CNC(=O)O3)=N2)n1. The predicted octanol–water partition coefficient (Wildman–Crippen LogP) is 1.93. The van der Waals surface area contributed by atoms with Crippen LogP contribution in [-0.2, 0) is 9.57 Å². The molecule has 1 unspecified atom stereocenters. The number of fused-ring (bicyclic) bond motifs is 1. The highest BCUT2D eigenvalue weighted by molar-refractivity contribution is 6.02. The second-order valence-electron chi connectivity index (χ2n) is 8.54. The number of amidine groups is 1. The minimum atomic E-state index is -0.478. The highest BCUT2D eigenvalue weighted by atomic mass is 19.1. The number of nitrogens with two attached hydrogens (primary N) is 1. The Kier molecular flexibility index (Phi) is 6.42. The molecule has 1 aromatic carbocycles. The van der Waals surface area contributed by atoms with Gasteiger partial charge in [-0.05, 0) is 30.7 Å². The zero-order valence-electron chi connectivity index (χ0n) is 19.7. The van der Waals surface area contributed by atoms with Gasteiger partial charge >= 0.3 is 6.09 Å². The summed E-state index contributed by atoms with van der Waals surface area (Å²) in [6.07, 6.45) is -0.391. The number of alkyl carbamates (subject to hydrolysis) is 1. The number of aliphatic imine (C=N–C) groups is 2. The fourth-order valence-electron chi connectivity index (χ4n) is 4.49. The topological polar surface area (TPSA) is 144 Å². The molecule has 0 aliphatic carbocycles. The van der Waals surface area contributed by atoms with Gasteiger partial charge in [0.15, 0.2) is 11.8 Å². The molecule has 5 rings (SSSR count). The summed E-state index contributed by atoms with van der Waals surface area (Å²) in [5.74, 6) is 0.799. The van der Waals surface area contributed by atoms with E-state index in [1.807, 2.05) is 6.92 Å². The molecule has 3 aliphatic rings. The summed E-state index contributed by atoms with van der Waals surface area (Å²) < 4.78 is 24.7. The number of hydrogen-bond acceptors (Lipinski definition) is 10. The zero-order chi connectivity index (χ0) is 25.2. The standard InChI is InChI=1S/C24H26FN7O4/c1-12-21-19(31-23(26)28-12)9-18(30-22(21)32-35-11-14-10-27-24(33)36-14)15-7-6-13(25)8-16(15)17-4-3-5-20(29-17)34-2/h3-8,14,18-19H,9-11H2,1-2H3,(H,27,33)(H,30,32)(H3,26,28,31)/t14-,18+,19?/m0/s1. The number of ether oxygens (including phenoxy) is 2. The van der Waals surface area contributed by atoms with Crippen molar-refractivity contribution in [2.24, 2.45) is 15.7 Å². The summed E-state index contributed by atoms with van der Waals surface area (Å²) in [5, 5.41) is 5.62. The van der Waals surface area contributed by atoms with Gasteiger partial charge in [-0.2, -0.15) is 0 Å². The summed E-state index contributed by atoms with van der Waals surface area (Å²) in [6.45, 7) is 2.36. The van der Waals surface area contributed by atoms with E-state index in [4.69, 9.17) is 25.0 Å². The third-order valence-corrected chi connectivity index (χ3v) is 6.10. The molecule has 0 saturated carbocycles. The Balaban J connectivity index is 1.49. The van der Waals surface area contributed by atoms with E-state index in [9.17, 15) is 9.18 Å². The lowest BCUT2D eigenvalue weighted by Crippen LogP contribution is -2.44. The largest absolute Gasteiger partial charge is 0.481 e. The van der Waals surface area contributed by atoms with E-state index in [0.717, 1.165) is 16.8 Å². The molecule has 36 heavy (non-hydrogen) atoms. The Morgan fingerprint density at radius 3 is 2.89 bits per heavy atom. The number of cyclic esters (lactones) is 1. The lowest BCUT2D eigenvalue weighted by atomic mass is 9.87. The van der Waals surface area contributed by atoms with Crippen molar-refractivity contribution in [1.29, 1.82) is 0 Å². The number of nitrogens with zero attached hydrogens (tertiary/aromatic N) is 3. The van der Waals surface area contributed by atoms with Gasteiger partial charge in [0.25, 0.3) is 0 Å². The Morgan fingerprint density at radius 2 is 2.11 bits per heavy atom. The fourth-order valence-corrected chi connectivity index (χ4v) is 4.49. The number of allylic oxidation sites excluding steroid dienone is 1. The highest BCUT2D eigenvalue weighted by Gasteiger charge is 2.35. The fraction of sp³-hybridized carbons (Fsp3) is 0.333. The van der Waals surface area contributed by atoms with E-state index >= 15 is 0 Å². The van der Waals surface area contributed by atoms with Gasteiger partial charge < -0.3 is 25.8 Å². The third kappa shape index (κ3) is 4.80. The molecule has 1 fully saturated rings. The minimum Gasteiger partial charge on any atom is -0.481 e. The van der Waals surface area contributed by atoms with E-state index in [1.165, 1.54) is 19.2 Å². The molecule has 2 aromatic rings. The van der Waals surface area contributed by atoms with Crippen LogP contribution in [0.3, 0.4) is 0 Å². The van der Waals surface area contributed by atoms with Gasteiger partial charge in [-0.1, -0.05) is 12.1 Å². The molecule has 11 nitrogen and oxygen atoms in total. The monoisotopic (exact) mass is 495 g/mol. The van der Waals surface area contributed by atoms with E-state index in [0.29, 0.717) is 41.9 Å². The molecule has 1 saturated heterocycles. The molecular weight excluding hydrogens is 469 g/mol. The molecule has 12 heteroatoms. The number of benzene rings is 1. The second kappa shape index (κ2) is 9.82. The molecular formula is C24H26FN7O4. The van der Waals surface area contributed by atoms with Crippen LogP contribution in [0.4, 0.5) is 9.18 Å². The van der Waals surface area contributed by atoms with Crippen LogP contribution >= 0.6 is 0 Å². The average Bonchev–Trinajstić information content (AvgIpc) is 3.28. The van der Waals surface area contributed by atoms with Crippen LogP contribution in [0.15, 0.2) is 57.7 Å². The van der Waals surface area contributed by atoms with Crippen molar-refractivity contribution >= 4 is 17.9 Å². The van der Waals surface area contributed by atoms with E-state index < -0.39 is 18.2 Å². The van der Waals surface area contributed by atoms with Crippen LogP contribution in [0.1, 0.15) is 24.9 Å². The smallest absolute Gasteiger partial charge is 0.407 e. The molecule has 0 bridgehead atoms. The number of methoxy groups -OCH3 is 1. The number of pyridine rings is 1. The number of hydrogen-bond donors (Lipinski definition) is 4. The highest BCUT2D eigenvalue weighted by Crippen LogP contribution is 2.38. The van der Waals surface area contributed by atoms with Crippen molar-refractivity contribution < 1.29 is 23.5 Å². The van der Waals surface area contributed by atoms with Crippen LogP contribution in [0.25, 0.3) is 11.3 Å². The number of carbonyl (C=O) groups excluding carboxylic acids is 1. The number of guanidine groups is 1. The van der Waals surface area contributed by atoms with Crippen LogP contribution in [-0.4, -0.2) is 55.3 Å². The molecule has 3 aliphatic heterocycles. The Morgan fingerprint density at radius 1 is 1.25 bits per heavy atom. The van der Waals surface area contributed by atoms with Gasteiger partial charge in [0, 0.05) is 29.3 Å². The predicted molar refractivity (Wildman–Crippen MR) is 130 cm³/mol. The van der Waals surface area contributed by atoms with Crippen LogP contribution < -0.4 is 26.6 Å². The normalized spacial score (nSPS) is 23.1. The number of hydroxylamine groups is 1. The molecule has 0 radical (unpaired) electrons. The quantitative estimate of drug-likeness (QED) is 0.445. The van der Waals surface area contributed by atoms with Crippen molar-refractivity contribution in [3.8, 4) is 17.1 Å². The van der Waals surface area contributed by atoms with Gasteiger partial charge in [0.05, 0.1) is 31.4 Å². The number of halogens is 1. The summed E-state index contributed by atoms with van der Waals surface area (Å²) >= 11 is 0. The number of carbonyl (C=O) groups is 1. The van der Waals surface area contributed by atoms with Crippen molar-refractivity contribution in [1.82, 2.24) is 21.1 Å². The van der Waals surface area contributed by atoms with E-state index in [-0.39, 0.29) is 18.5 Å². The zero-order valence-corrected chi connectivity index (χ0v) is 19.7. The summed E-state index contributed by atoms with van der Waals surface area (Å²) in [4.78, 5) is 30.9. The van der Waals surface area contributed by atoms with Gasteiger partial charge in [0.2, 0.25) is 5.88 Å². The molecule has 0 spiro atoms. The third-order valence-electron chi connectivity index (χ3n) is 6.10. The number of aromatic nitrogens is 1. The molecule has 1 amide bonds. The molecule has 4 heterocycles. The summed E-state index contributed by atoms with van der Waals surface area (Å²) in [7, 11) is 1.53. The van der Waals surface area contributed by atoms with E-state index in [1.54, 1.807) is 24.3 Å². The van der Waals surface area contributed by atoms with Crippen molar-refractivity contribution in [2.75, 3.05) is 20.3 Å². The maximum atomic E-state index is 14.4. The van der Waals surface area contributed by atoms with Gasteiger partial charge in [-0.15, -0.1) is 0 Å². The first-order chi connectivity index (χ1) is 17.4. The molecule has 188 valence electrons. The molecule has 5 N–H and O–H groups in total.